The molecule has 10 heteroatoms. The van der Waals surface area contributed by atoms with Gasteiger partial charge in [0, 0.05) is 36.6 Å². The summed E-state index contributed by atoms with van der Waals surface area (Å²) in [6.45, 7) is 5.52. The first kappa shape index (κ1) is 22.8. The standard InChI is InChI=1S/C23H25ClFN5O3/c1-3-5-9-29-14-27(4-2)23(33)20-22(32)21(31)17(13-30(20)29)16-10-26-28(12-16)11-15-7-6-8-18(24)19(15)25/h6-8,10,12-13,32H,3-5,9,11,14H2,1-2H3. The molecular weight excluding hydrogens is 449 g/mol. The first-order chi connectivity index (χ1) is 15.8. The van der Waals surface area contributed by atoms with Crippen LogP contribution in [0.25, 0.3) is 11.1 Å². The molecule has 0 fully saturated rings. The summed E-state index contributed by atoms with van der Waals surface area (Å²) in [5, 5.41) is 16.9. The van der Waals surface area contributed by atoms with Gasteiger partial charge in [-0.2, -0.15) is 5.10 Å². The lowest BCUT2D eigenvalue weighted by Crippen LogP contribution is -2.54. The first-order valence-corrected chi connectivity index (χ1v) is 11.2. The van der Waals surface area contributed by atoms with E-state index in [4.69, 9.17) is 11.6 Å². The number of aromatic hydroxyl groups is 1. The normalized spacial score (nSPS) is 13.5. The molecular formula is C23H25ClFN5O3. The molecule has 1 aliphatic heterocycles. The molecule has 0 aliphatic carbocycles. The van der Waals surface area contributed by atoms with Crippen molar-refractivity contribution in [2.45, 2.75) is 33.2 Å². The van der Waals surface area contributed by atoms with Crippen LogP contribution >= 0.6 is 11.6 Å². The molecule has 33 heavy (non-hydrogen) atoms. The minimum Gasteiger partial charge on any atom is -0.502 e. The number of halogens is 2. The number of rotatable bonds is 7. The molecule has 1 aliphatic rings. The van der Waals surface area contributed by atoms with E-state index < -0.39 is 22.9 Å². The molecule has 0 bridgehead atoms. The van der Waals surface area contributed by atoms with Crippen LogP contribution in [0.3, 0.4) is 0 Å². The molecule has 1 amide bonds. The van der Waals surface area contributed by atoms with Crippen molar-refractivity contribution >= 4 is 17.5 Å². The average molecular weight is 474 g/mol. The number of fused-ring (bicyclic) bond motifs is 1. The number of hydrogen-bond acceptors (Lipinski definition) is 5. The van der Waals surface area contributed by atoms with E-state index in [1.807, 2.05) is 11.9 Å². The summed E-state index contributed by atoms with van der Waals surface area (Å²) in [5.41, 5.74) is 0.318. The van der Waals surface area contributed by atoms with E-state index in [-0.39, 0.29) is 22.8 Å². The third-order valence-corrected chi connectivity index (χ3v) is 6.04. The van der Waals surface area contributed by atoms with Gasteiger partial charge in [-0.15, -0.1) is 0 Å². The Morgan fingerprint density at radius 3 is 2.73 bits per heavy atom. The van der Waals surface area contributed by atoms with E-state index in [9.17, 15) is 19.1 Å². The molecule has 2 aromatic heterocycles. The van der Waals surface area contributed by atoms with E-state index in [2.05, 4.69) is 12.0 Å². The zero-order chi connectivity index (χ0) is 23.7. The van der Waals surface area contributed by atoms with Gasteiger partial charge in [-0.25, -0.2) is 4.39 Å². The number of hydrogen-bond donors (Lipinski definition) is 1. The van der Waals surface area contributed by atoms with Gasteiger partial charge in [0.2, 0.25) is 5.43 Å². The van der Waals surface area contributed by atoms with Crippen molar-refractivity contribution in [3.63, 3.8) is 0 Å². The van der Waals surface area contributed by atoms with Crippen LogP contribution < -0.4 is 10.4 Å². The van der Waals surface area contributed by atoms with Crippen molar-refractivity contribution in [1.29, 1.82) is 0 Å². The largest absolute Gasteiger partial charge is 0.502 e. The minimum atomic E-state index is -0.656. The minimum absolute atomic E-state index is 0.0238. The summed E-state index contributed by atoms with van der Waals surface area (Å²) in [6.07, 6.45) is 6.49. The summed E-state index contributed by atoms with van der Waals surface area (Å²) >= 11 is 5.86. The van der Waals surface area contributed by atoms with Crippen LogP contribution in [-0.4, -0.2) is 50.1 Å². The molecule has 0 radical (unpaired) electrons. The highest BCUT2D eigenvalue weighted by molar-refractivity contribution is 6.30. The number of pyridine rings is 1. The molecule has 0 atom stereocenters. The molecule has 1 aromatic carbocycles. The Kier molecular flexibility index (Phi) is 6.42. The summed E-state index contributed by atoms with van der Waals surface area (Å²) < 4.78 is 17.3. The van der Waals surface area contributed by atoms with Gasteiger partial charge < -0.3 is 10.0 Å². The number of carbonyl (C=O) groups is 1. The molecule has 0 unspecified atom stereocenters. The van der Waals surface area contributed by atoms with E-state index in [0.717, 1.165) is 12.8 Å². The Morgan fingerprint density at radius 2 is 2.00 bits per heavy atom. The predicted octanol–water partition coefficient (Wildman–Crippen LogP) is 3.43. The topological polar surface area (TPSA) is 83.6 Å². The predicted molar refractivity (Wildman–Crippen MR) is 124 cm³/mol. The Labute approximate surface area is 195 Å². The molecule has 0 saturated carbocycles. The van der Waals surface area contributed by atoms with Crippen molar-refractivity contribution < 1.29 is 14.3 Å². The molecule has 8 nitrogen and oxygen atoms in total. The van der Waals surface area contributed by atoms with Crippen LogP contribution in [0.15, 0.2) is 41.6 Å². The van der Waals surface area contributed by atoms with Gasteiger partial charge in [-0.3, -0.25) is 24.0 Å². The van der Waals surface area contributed by atoms with Crippen LogP contribution in [0.4, 0.5) is 4.39 Å². The van der Waals surface area contributed by atoms with Gasteiger partial charge in [-0.1, -0.05) is 37.1 Å². The highest BCUT2D eigenvalue weighted by Gasteiger charge is 2.32. The zero-order valence-corrected chi connectivity index (χ0v) is 19.2. The Balaban J connectivity index is 1.74. The highest BCUT2D eigenvalue weighted by atomic mass is 35.5. The lowest BCUT2D eigenvalue weighted by molar-refractivity contribution is 0.0697. The van der Waals surface area contributed by atoms with Crippen LogP contribution in [-0.2, 0) is 6.54 Å². The molecule has 0 saturated heterocycles. The number of benzene rings is 1. The van der Waals surface area contributed by atoms with Crippen LogP contribution in [0.2, 0.25) is 5.02 Å². The number of amides is 1. The van der Waals surface area contributed by atoms with Gasteiger partial charge in [-0.05, 0) is 19.4 Å². The maximum atomic E-state index is 14.3. The van der Waals surface area contributed by atoms with Crippen molar-refractivity contribution in [3.8, 4) is 16.9 Å². The van der Waals surface area contributed by atoms with E-state index in [1.165, 1.54) is 16.9 Å². The summed E-state index contributed by atoms with van der Waals surface area (Å²) in [7, 11) is 0. The van der Waals surface area contributed by atoms with Gasteiger partial charge >= 0.3 is 0 Å². The third-order valence-electron chi connectivity index (χ3n) is 5.75. The van der Waals surface area contributed by atoms with Crippen molar-refractivity contribution in [3.05, 3.63) is 69.1 Å². The molecule has 174 valence electrons. The third kappa shape index (κ3) is 4.20. The van der Waals surface area contributed by atoms with Crippen molar-refractivity contribution in [2.24, 2.45) is 0 Å². The molecule has 0 spiro atoms. The molecule has 3 aromatic rings. The van der Waals surface area contributed by atoms with Gasteiger partial charge in [0.1, 0.15) is 12.5 Å². The number of carbonyl (C=O) groups excluding carboxylic acids is 1. The average Bonchev–Trinajstić information content (AvgIpc) is 3.26. The summed E-state index contributed by atoms with van der Waals surface area (Å²) in [6, 6.07) is 4.73. The van der Waals surface area contributed by atoms with E-state index >= 15 is 0 Å². The van der Waals surface area contributed by atoms with Gasteiger partial charge in [0.25, 0.3) is 5.91 Å². The lowest BCUT2D eigenvalue weighted by Gasteiger charge is -2.39. The van der Waals surface area contributed by atoms with Crippen LogP contribution in [0.5, 0.6) is 5.75 Å². The fraction of sp³-hybridized carbons (Fsp3) is 0.348. The molecule has 4 rings (SSSR count). The van der Waals surface area contributed by atoms with E-state index in [0.29, 0.717) is 30.9 Å². The Morgan fingerprint density at radius 1 is 1.21 bits per heavy atom. The highest BCUT2D eigenvalue weighted by Crippen LogP contribution is 2.26. The lowest BCUT2D eigenvalue weighted by atomic mass is 10.1. The fourth-order valence-electron chi connectivity index (χ4n) is 3.89. The molecule has 3 heterocycles. The van der Waals surface area contributed by atoms with Gasteiger partial charge in [0.15, 0.2) is 11.4 Å². The second-order valence-corrected chi connectivity index (χ2v) is 8.35. The maximum Gasteiger partial charge on any atom is 0.277 e. The van der Waals surface area contributed by atoms with Crippen molar-refractivity contribution in [1.82, 2.24) is 19.4 Å². The summed E-state index contributed by atoms with van der Waals surface area (Å²) in [4.78, 5) is 27.5. The Bertz CT molecular complexity index is 1260. The van der Waals surface area contributed by atoms with Crippen LogP contribution in [0.1, 0.15) is 42.7 Å². The smallest absolute Gasteiger partial charge is 0.277 e. The van der Waals surface area contributed by atoms with Crippen LogP contribution in [0, 0.1) is 5.82 Å². The second-order valence-electron chi connectivity index (χ2n) is 7.94. The van der Waals surface area contributed by atoms with Crippen molar-refractivity contribution in [2.75, 3.05) is 24.8 Å². The fourth-order valence-corrected chi connectivity index (χ4v) is 4.09. The monoisotopic (exact) mass is 473 g/mol. The number of aromatic nitrogens is 3. The maximum absolute atomic E-state index is 14.3. The quantitative estimate of drug-likeness (QED) is 0.568. The zero-order valence-electron chi connectivity index (χ0n) is 18.5. The SMILES string of the molecule is CCCCN1CN(CC)C(=O)c2c(O)c(=O)c(-c3cnn(Cc4cccc(Cl)c4F)c3)cn21. The number of nitrogens with zero attached hydrogens (tertiary/aromatic N) is 5. The van der Waals surface area contributed by atoms with E-state index in [1.54, 1.807) is 34.1 Å². The first-order valence-electron chi connectivity index (χ1n) is 10.8. The Hall–Kier alpha value is -3.33. The number of unbranched alkanes of at least 4 members (excludes halogenated alkanes) is 1. The second kappa shape index (κ2) is 9.27. The molecule has 1 N–H and O–H groups in total. The van der Waals surface area contributed by atoms with Gasteiger partial charge in [0.05, 0.1) is 23.3 Å². The summed E-state index contributed by atoms with van der Waals surface area (Å²) in [5.74, 6) is -1.50.